The molecule has 1 aliphatic heterocycles. The third-order valence-corrected chi connectivity index (χ3v) is 7.37. The highest BCUT2D eigenvalue weighted by molar-refractivity contribution is 6.30. The number of aryl methyl sites for hydroxylation is 3. The fourth-order valence-corrected chi connectivity index (χ4v) is 5.52. The predicted octanol–water partition coefficient (Wildman–Crippen LogP) is 7.38. The molecule has 7 heteroatoms. The van der Waals surface area contributed by atoms with Crippen molar-refractivity contribution in [3.63, 3.8) is 0 Å². The Labute approximate surface area is 227 Å². The van der Waals surface area contributed by atoms with Gasteiger partial charge in [0.1, 0.15) is 5.82 Å². The molecular weight excluding hydrogens is 494 g/mol. The summed E-state index contributed by atoms with van der Waals surface area (Å²) in [5.74, 6) is 0.933. The van der Waals surface area contributed by atoms with Crippen LogP contribution in [0.5, 0.6) is 0 Å². The number of hydrogen-bond acceptors (Lipinski definition) is 2. The van der Waals surface area contributed by atoms with Gasteiger partial charge >= 0.3 is 6.03 Å². The number of nitrogens with one attached hydrogen (secondary N) is 1. The fraction of sp³-hybridized carbons (Fsp3) is 0.161. The zero-order valence-electron chi connectivity index (χ0n) is 21.5. The molecule has 0 radical (unpaired) electrons. The van der Waals surface area contributed by atoms with E-state index < -0.39 is 0 Å². The van der Waals surface area contributed by atoms with Crippen molar-refractivity contribution >= 4 is 23.3 Å². The van der Waals surface area contributed by atoms with Crippen LogP contribution in [-0.2, 0) is 6.54 Å². The number of fused-ring (bicyclic) bond motifs is 3. The largest absolute Gasteiger partial charge is 0.322 e. The van der Waals surface area contributed by atoms with E-state index in [-0.39, 0.29) is 12.1 Å². The topological polar surface area (TPSA) is 55.1 Å². The van der Waals surface area contributed by atoms with Crippen LogP contribution < -0.4 is 5.32 Å². The molecule has 3 heterocycles. The molecule has 0 saturated heterocycles. The number of anilines is 1. The second-order valence-electron chi connectivity index (χ2n) is 9.77. The van der Waals surface area contributed by atoms with Crippen LogP contribution in [0, 0.1) is 20.8 Å². The van der Waals surface area contributed by atoms with E-state index in [1.807, 2.05) is 109 Å². The molecule has 1 atom stereocenters. The molecule has 1 aliphatic rings. The van der Waals surface area contributed by atoms with E-state index in [4.69, 9.17) is 16.7 Å². The molecule has 0 saturated carbocycles. The minimum absolute atomic E-state index is 0.186. The van der Waals surface area contributed by atoms with Gasteiger partial charge in [0, 0.05) is 22.5 Å². The van der Waals surface area contributed by atoms with Crippen LogP contribution in [0.15, 0.2) is 91.1 Å². The molecule has 2 amide bonds. The lowest BCUT2D eigenvalue weighted by atomic mass is 10.0. The van der Waals surface area contributed by atoms with Crippen LogP contribution in [0.3, 0.4) is 0 Å². The second-order valence-corrected chi connectivity index (χ2v) is 10.2. The molecule has 6 nitrogen and oxygen atoms in total. The number of rotatable bonds is 3. The average molecular weight is 522 g/mol. The SMILES string of the molecule is Cc1ccc(NC(=O)N2Cc3c(C)nn(-c4ccccc4)c3-n3cccc3[C@@H]2c2cccc(Cl)c2)c(C)c1. The summed E-state index contributed by atoms with van der Waals surface area (Å²) in [4.78, 5) is 16.0. The first-order chi connectivity index (χ1) is 18.4. The molecule has 0 spiro atoms. The van der Waals surface area contributed by atoms with E-state index in [1.165, 1.54) is 0 Å². The Balaban J connectivity index is 1.54. The number of carbonyl (C=O) groups is 1. The Kier molecular flexibility index (Phi) is 6.04. The monoisotopic (exact) mass is 521 g/mol. The van der Waals surface area contributed by atoms with E-state index in [0.29, 0.717) is 11.6 Å². The molecule has 0 fully saturated rings. The second kappa shape index (κ2) is 9.54. The summed E-state index contributed by atoms with van der Waals surface area (Å²) in [6.45, 7) is 6.44. The predicted molar refractivity (Wildman–Crippen MR) is 151 cm³/mol. The van der Waals surface area contributed by atoms with Gasteiger partial charge in [-0.3, -0.25) is 0 Å². The molecule has 0 bridgehead atoms. The highest BCUT2D eigenvalue weighted by Crippen LogP contribution is 2.39. The number of para-hydroxylation sites is 1. The summed E-state index contributed by atoms with van der Waals surface area (Å²) < 4.78 is 4.12. The van der Waals surface area contributed by atoms with Gasteiger partial charge in [-0.1, -0.05) is 59.6 Å². The van der Waals surface area contributed by atoms with Crippen LogP contribution in [0.2, 0.25) is 5.02 Å². The molecule has 190 valence electrons. The van der Waals surface area contributed by atoms with Crippen LogP contribution in [-0.4, -0.2) is 25.3 Å². The summed E-state index contributed by atoms with van der Waals surface area (Å²) in [6.07, 6.45) is 2.04. The fourth-order valence-electron chi connectivity index (χ4n) is 5.32. The molecule has 38 heavy (non-hydrogen) atoms. The number of carbonyl (C=O) groups excluding carboxylic acids is 1. The van der Waals surface area contributed by atoms with Gasteiger partial charge in [-0.05, 0) is 74.4 Å². The summed E-state index contributed by atoms with van der Waals surface area (Å²) >= 11 is 6.46. The molecule has 5 aromatic rings. The highest BCUT2D eigenvalue weighted by atomic mass is 35.5. The zero-order valence-corrected chi connectivity index (χ0v) is 22.3. The Morgan fingerprint density at radius 1 is 0.947 bits per heavy atom. The summed E-state index contributed by atoms with van der Waals surface area (Å²) in [6, 6.07) is 27.4. The number of benzene rings is 3. The van der Waals surface area contributed by atoms with Crippen molar-refractivity contribution in [1.29, 1.82) is 0 Å². The average Bonchev–Trinajstić information content (AvgIpc) is 3.46. The summed E-state index contributed by atoms with van der Waals surface area (Å²) in [7, 11) is 0. The highest BCUT2D eigenvalue weighted by Gasteiger charge is 2.36. The van der Waals surface area contributed by atoms with Crippen LogP contribution in [0.25, 0.3) is 11.5 Å². The van der Waals surface area contributed by atoms with E-state index >= 15 is 0 Å². The smallest absolute Gasteiger partial charge is 0.308 e. The number of halogens is 1. The van der Waals surface area contributed by atoms with Crippen LogP contribution >= 0.6 is 11.6 Å². The van der Waals surface area contributed by atoms with Crippen molar-refractivity contribution in [2.24, 2.45) is 0 Å². The molecule has 3 aromatic carbocycles. The minimum atomic E-state index is -0.370. The van der Waals surface area contributed by atoms with Gasteiger partial charge in [0.05, 0.1) is 29.7 Å². The van der Waals surface area contributed by atoms with Crippen molar-refractivity contribution in [2.75, 3.05) is 5.32 Å². The van der Waals surface area contributed by atoms with Crippen molar-refractivity contribution in [2.45, 2.75) is 33.4 Å². The lowest BCUT2D eigenvalue weighted by Gasteiger charge is -2.31. The molecule has 0 aliphatic carbocycles. The molecule has 1 N–H and O–H groups in total. The van der Waals surface area contributed by atoms with Crippen molar-refractivity contribution in [1.82, 2.24) is 19.2 Å². The number of amides is 2. The quantitative estimate of drug-likeness (QED) is 0.269. The van der Waals surface area contributed by atoms with Crippen LogP contribution in [0.1, 0.15) is 39.7 Å². The Morgan fingerprint density at radius 2 is 1.76 bits per heavy atom. The van der Waals surface area contributed by atoms with E-state index in [9.17, 15) is 4.79 Å². The van der Waals surface area contributed by atoms with Crippen molar-refractivity contribution in [3.05, 3.63) is 130 Å². The van der Waals surface area contributed by atoms with Gasteiger partial charge < -0.3 is 14.8 Å². The Hall–Kier alpha value is -4.29. The third-order valence-electron chi connectivity index (χ3n) is 7.14. The maximum Gasteiger partial charge on any atom is 0.322 e. The zero-order chi connectivity index (χ0) is 26.4. The molecule has 2 aromatic heterocycles. The van der Waals surface area contributed by atoms with E-state index in [1.54, 1.807) is 0 Å². The number of hydrogen-bond donors (Lipinski definition) is 1. The molecule has 0 unspecified atom stereocenters. The van der Waals surface area contributed by atoms with E-state index in [2.05, 4.69) is 22.0 Å². The Bertz CT molecular complexity index is 1650. The summed E-state index contributed by atoms with van der Waals surface area (Å²) in [5, 5.41) is 8.72. The van der Waals surface area contributed by atoms with Crippen LogP contribution in [0.4, 0.5) is 10.5 Å². The van der Waals surface area contributed by atoms with Crippen molar-refractivity contribution < 1.29 is 4.79 Å². The van der Waals surface area contributed by atoms with Gasteiger partial charge in [-0.15, -0.1) is 0 Å². The van der Waals surface area contributed by atoms with Crippen molar-refractivity contribution in [3.8, 4) is 11.5 Å². The number of urea groups is 1. The first-order valence-electron chi connectivity index (χ1n) is 12.6. The third kappa shape index (κ3) is 4.17. The van der Waals surface area contributed by atoms with Gasteiger partial charge in [-0.2, -0.15) is 5.10 Å². The Morgan fingerprint density at radius 3 is 2.53 bits per heavy atom. The first kappa shape index (κ1) is 24.1. The minimum Gasteiger partial charge on any atom is -0.308 e. The normalized spacial score (nSPS) is 14.5. The molecule has 6 rings (SSSR count). The maximum absolute atomic E-state index is 14.1. The van der Waals surface area contributed by atoms with Gasteiger partial charge in [0.15, 0.2) is 0 Å². The first-order valence-corrected chi connectivity index (χ1v) is 13.0. The standard InChI is InChI=1S/C31H28ClN5O/c1-20-14-15-27(21(2)17-20)33-31(38)36-19-26-22(3)34-37(25-11-5-4-6-12-25)30(26)35-16-8-13-28(35)29(36)23-9-7-10-24(32)18-23/h4-18,29H,19H2,1-3H3,(H,33,38)/t29-/m0/s1. The van der Waals surface area contributed by atoms with E-state index in [0.717, 1.165) is 50.8 Å². The lowest BCUT2D eigenvalue weighted by Crippen LogP contribution is -2.38. The molecular formula is C31H28ClN5O. The summed E-state index contributed by atoms with van der Waals surface area (Å²) in [5.41, 5.74) is 7.69. The van der Waals surface area contributed by atoms with Gasteiger partial charge in [-0.25, -0.2) is 9.48 Å². The van der Waals surface area contributed by atoms with Gasteiger partial charge in [0.2, 0.25) is 0 Å². The maximum atomic E-state index is 14.1. The number of aromatic nitrogens is 3. The lowest BCUT2D eigenvalue weighted by molar-refractivity contribution is 0.194. The van der Waals surface area contributed by atoms with Gasteiger partial charge in [0.25, 0.3) is 0 Å². The number of nitrogens with zero attached hydrogens (tertiary/aromatic N) is 4.